The van der Waals surface area contributed by atoms with Gasteiger partial charge in [-0.2, -0.15) is 5.26 Å². The Labute approximate surface area is 193 Å². The molecule has 2 aromatic carbocycles. The SMILES string of the molecule is CCOc1cc2c(c(F)c1OCC)C(=N)N(CC(=O)c1ccc(OCC#N)c(C(C)C)c1)C2. The van der Waals surface area contributed by atoms with Crippen LogP contribution >= 0.6 is 0 Å². The van der Waals surface area contributed by atoms with Crippen molar-refractivity contribution < 1.29 is 23.4 Å². The van der Waals surface area contributed by atoms with Gasteiger partial charge in [0.15, 0.2) is 29.7 Å². The molecule has 0 amide bonds. The minimum atomic E-state index is -0.640. The maximum Gasteiger partial charge on any atom is 0.197 e. The van der Waals surface area contributed by atoms with E-state index in [4.69, 9.17) is 24.9 Å². The van der Waals surface area contributed by atoms with Gasteiger partial charge in [-0.1, -0.05) is 13.8 Å². The second-order valence-corrected chi connectivity index (χ2v) is 7.90. The highest BCUT2D eigenvalue weighted by molar-refractivity contribution is 6.05. The second-order valence-electron chi connectivity index (χ2n) is 7.90. The van der Waals surface area contributed by atoms with Crippen LogP contribution in [-0.2, 0) is 6.54 Å². The predicted octanol–water partition coefficient (Wildman–Crippen LogP) is 4.67. The molecule has 0 atom stereocenters. The van der Waals surface area contributed by atoms with Crippen molar-refractivity contribution >= 4 is 11.6 Å². The minimum Gasteiger partial charge on any atom is -0.490 e. The maximum atomic E-state index is 15.2. The molecule has 0 spiro atoms. The molecule has 2 aromatic rings. The van der Waals surface area contributed by atoms with Crippen LogP contribution in [0.3, 0.4) is 0 Å². The van der Waals surface area contributed by atoms with Gasteiger partial charge in [-0.25, -0.2) is 4.39 Å². The Bertz CT molecular complexity index is 1110. The standard InChI is InChI=1S/C25H28FN3O4/c1-5-31-21-12-17-13-29(25(28)22(17)23(26)24(21)32-6-2)14-19(30)16-7-8-20(33-10-9-27)18(11-16)15(3)4/h7-8,11-12,15,28H,5-6,10,13-14H2,1-4H3. The summed E-state index contributed by atoms with van der Waals surface area (Å²) in [4.78, 5) is 14.6. The van der Waals surface area contributed by atoms with Gasteiger partial charge in [0.2, 0.25) is 0 Å². The molecule has 0 unspecified atom stereocenters. The summed E-state index contributed by atoms with van der Waals surface area (Å²) >= 11 is 0. The number of benzene rings is 2. The molecule has 0 aromatic heterocycles. The van der Waals surface area contributed by atoms with Gasteiger partial charge in [0.05, 0.1) is 25.3 Å². The highest BCUT2D eigenvalue weighted by Gasteiger charge is 2.33. The molecule has 1 aliphatic heterocycles. The fourth-order valence-electron chi connectivity index (χ4n) is 3.84. The van der Waals surface area contributed by atoms with Crippen LogP contribution in [0.4, 0.5) is 4.39 Å². The number of fused-ring (bicyclic) bond motifs is 1. The number of nitrogens with one attached hydrogen (secondary N) is 1. The molecule has 174 valence electrons. The van der Waals surface area contributed by atoms with Crippen LogP contribution in [0.5, 0.6) is 17.2 Å². The molecule has 1 aliphatic rings. The first-order valence-corrected chi connectivity index (χ1v) is 10.9. The molecule has 8 heteroatoms. The van der Waals surface area contributed by atoms with E-state index in [2.05, 4.69) is 0 Å². The zero-order valence-corrected chi connectivity index (χ0v) is 19.3. The summed E-state index contributed by atoms with van der Waals surface area (Å²) in [5, 5.41) is 17.3. The van der Waals surface area contributed by atoms with Crippen molar-refractivity contribution in [3.63, 3.8) is 0 Å². The van der Waals surface area contributed by atoms with E-state index in [1.807, 2.05) is 19.9 Å². The average molecular weight is 454 g/mol. The van der Waals surface area contributed by atoms with Gasteiger partial charge in [-0.15, -0.1) is 0 Å². The van der Waals surface area contributed by atoms with Gasteiger partial charge in [0.1, 0.15) is 17.7 Å². The number of rotatable bonds is 10. The summed E-state index contributed by atoms with van der Waals surface area (Å²) in [5.41, 5.74) is 2.01. The third-order valence-corrected chi connectivity index (χ3v) is 5.35. The highest BCUT2D eigenvalue weighted by atomic mass is 19.1. The summed E-state index contributed by atoms with van der Waals surface area (Å²) in [6.07, 6.45) is 0. The largest absolute Gasteiger partial charge is 0.490 e. The third-order valence-electron chi connectivity index (χ3n) is 5.35. The molecule has 7 nitrogen and oxygen atoms in total. The lowest BCUT2D eigenvalue weighted by Crippen LogP contribution is -2.30. The van der Waals surface area contributed by atoms with E-state index < -0.39 is 5.82 Å². The molecule has 33 heavy (non-hydrogen) atoms. The number of nitriles is 1. The normalized spacial score (nSPS) is 12.5. The average Bonchev–Trinajstić information content (AvgIpc) is 3.09. The third kappa shape index (κ3) is 4.92. The first-order valence-electron chi connectivity index (χ1n) is 10.9. The highest BCUT2D eigenvalue weighted by Crippen LogP contribution is 2.39. The van der Waals surface area contributed by atoms with Crippen LogP contribution in [0.1, 0.15) is 60.7 Å². The summed E-state index contributed by atoms with van der Waals surface area (Å²) < 4.78 is 31.7. The summed E-state index contributed by atoms with van der Waals surface area (Å²) in [5.74, 6) is 0.0485. The van der Waals surface area contributed by atoms with E-state index in [9.17, 15) is 4.79 Å². The lowest BCUT2D eigenvalue weighted by molar-refractivity contribution is 0.0962. The summed E-state index contributed by atoms with van der Waals surface area (Å²) in [6.45, 7) is 8.20. The molecule has 1 heterocycles. The van der Waals surface area contributed by atoms with Crippen LogP contribution in [-0.4, -0.2) is 42.9 Å². The number of carbonyl (C=O) groups is 1. The lowest BCUT2D eigenvalue weighted by Gasteiger charge is -2.18. The minimum absolute atomic E-state index is 0.00874. The van der Waals surface area contributed by atoms with Crippen molar-refractivity contribution in [2.45, 2.75) is 40.2 Å². The molecule has 0 fully saturated rings. The number of nitrogens with zero attached hydrogens (tertiary/aromatic N) is 2. The molecule has 3 rings (SSSR count). The van der Waals surface area contributed by atoms with E-state index in [0.29, 0.717) is 29.2 Å². The molecule has 1 N–H and O–H groups in total. The van der Waals surface area contributed by atoms with Gasteiger partial charge >= 0.3 is 0 Å². The number of ether oxygens (including phenoxy) is 3. The molecule has 0 radical (unpaired) electrons. The number of Topliss-reactive ketones (excluding diaryl/α,β-unsaturated/α-hetero) is 1. The van der Waals surface area contributed by atoms with E-state index >= 15 is 4.39 Å². The van der Waals surface area contributed by atoms with Gasteiger partial charge < -0.3 is 19.1 Å². The van der Waals surface area contributed by atoms with Gasteiger partial charge in [0, 0.05) is 12.1 Å². The Hall–Kier alpha value is -3.60. The number of amidine groups is 1. The predicted molar refractivity (Wildman–Crippen MR) is 122 cm³/mol. The first kappa shape index (κ1) is 24.1. The number of halogens is 1. The number of carbonyl (C=O) groups excluding carboxylic acids is 1. The first-order chi connectivity index (χ1) is 15.8. The maximum absolute atomic E-state index is 15.2. The summed E-state index contributed by atoms with van der Waals surface area (Å²) in [7, 11) is 0. The van der Waals surface area contributed by atoms with Crippen LogP contribution < -0.4 is 14.2 Å². The molecule has 0 bridgehead atoms. The van der Waals surface area contributed by atoms with Crippen molar-refractivity contribution in [2.75, 3.05) is 26.4 Å². The Morgan fingerprint density at radius 1 is 1.18 bits per heavy atom. The Morgan fingerprint density at radius 2 is 1.91 bits per heavy atom. The Morgan fingerprint density at radius 3 is 2.55 bits per heavy atom. The Balaban J connectivity index is 1.85. The molecule has 0 aliphatic carbocycles. The van der Waals surface area contributed by atoms with Crippen molar-refractivity contribution in [1.82, 2.24) is 4.90 Å². The van der Waals surface area contributed by atoms with Crippen molar-refractivity contribution in [3.05, 3.63) is 52.3 Å². The zero-order valence-electron chi connectivity index (χ0n) is 19.3. The van der Waals surface area contributed by atoms with Gasteiger partial charge in [0.25, 0.3) is 0 Å². The topological polar surface area (TPSA) is 95.6 Å². The van der Waals surface area contributed by atoms with E-state index in [0.717, 1.165) is 5.56 Å². The zero-order chi connectivity index (χ0) is 24.1. The van der Waals surface area contributed by atoms with E-state index in [1.165, 1.54) is 4.90 Å². The summed E-state index contributed by atoms with van der Waals surface area (Å²) in [6, 6.07) is 8.72. The lowest BCUT2D eigenvalue weighted by atomic mass is 9.98. The Kier molecular flexibility index (Phi) is 7.54. The second kappa shape index (κ2) is 10.3. The van der Waals surface area contributed by atoms with Crippen LogP contribution in [0.15, 0.2) is 24.3 Å². The fourth-order valence-corrected chi connectivity index (χ4v) is 3.84. The van der Waals surface area contributed by atoms with Gasteiger partial charge in [-0.05, 0) is 55.2 Å². The molecule has 0 saturated heterocycles. The van der Waals surface area contributed by atoms with Crippen molar-refractivity contribution in [3.8, 4) is 23.3 Å². The van der Waals surface area contributed by atoms with Crippen molar-refractivity contribution in [1.29, 1.82) is 10.7 Å². The number of hydrogen-bond acceptors (Lipinski definition) is 6. The fraction of sp³-hybridized carbons (Fsp3) is 0.400. The molecular formula is C25H28FN3O4. The number of hydrogen-bond donors (Lipinski definition) is 1. The van der Waals surface area contributed by atoms with Gasteiger partial charge in [-0.3, -0.25) is 10.2 Å². The monoisotopic (exact) mass is 453 g/mol. The van der Waals surface area contributed by atoms with E-state index in [-0.39, 0.29) is 55.2 Å². The van der Waals surface area contributed by atoms with Crippen LogP contribution in [0.2, 0.25) is 0 Å². The van der Waals surface area contributed by atoms with Crippen LogP contribution in [0, 0.1) is 22.6 Å². The number of ketones is 1. The van der Waals surface area contributed by atoms with Crippen molar-refractivity contribution in [2.24, 2.45) is 0 Å². The quantitative estimate of drug-likeness (QED) is 0.525. The van der Waals surface area contributed by atoms with E-state index in [1.54, 1.807) is 38.1 Å². The van der Waals surface area contributed by atoms with Crippen LogP contribution in [0.25, 0.3) is 0 Å². The molecule has 0 saturated carbocycles. The smallest absolute Gasteiger partial charge is 0.197 e. The molecular weight excluding hydrogens is 425 g/mol.